The first-order valence-electron chi connectivity index (χ1n) is 9.28. The van der Waals surface area contributed by atoms with E-state index < -0.39 is 61.9 Å². The maximum atomic E-state index is 12.5. The zero-order valence-corrected chi connectivity index (χ0v) is 21.2. The van der Waals surface area contributed by atoms with Crippen molar-refractivity contribution >= 4 is 80.6 Å². The van der Waals surface area contributed by atoms with Gasteiger partial charge in [0.1, 0.15) is 25.1 Å². The molecule has 0 fully saturated rings. The molecule has 12 nitrogen and oxygen atoms in total. The summed E-state index contributed by atoms with van der Waals surface area (Å²) >= 11 is 0. The number of benzene rings is 4. The van der Waals surface area contributed by atoms with Gasteiger partial charge in [-0.3, -0.25) is 4.55 Å². The molecule has 0 aliphatic rings. The van der Waals surface area contributed by atoms with E-state index in [0.717, 1.165) is 30.3 Å². The first-order valence-corrected chi connectivity index (χ1v) is 13.5. The van der Waals surface area contributed by atoms with Gasteiger partial charge in [0.15, 0.2) is 0 Å². The molecule has 0 amide bonds. The van der Waals surface area contributed by atoms with E-state index in [2.05, 4.69) is 10.2 Å². The SMILES string of the molecule is O=S(=O)([O-])c1cc(S(=O)(=O)O)c2c(N=Nc3ccc(S(=O)(=O)[O-])c4ccccc34)c([O-])ccc2c1.[Al+3]. The molecule has 36 heavy (non-hydrogen) atoms. The van der Waals surface area contributed by atoms with Crippen LogP contribution in [0.3, 0.4) is 0 Å². The van der Waals surface area contributed by atoms with E-state index in [1.807, 2.05) is 0 Å². The van der Waals surface area contributed by atoms with Gasteiger partial charge in [-0.05, 0) is 29.7 Å². The summed E-state index contributed by atoms with van der Waals surface area (Å²) in [5.74, 6) is -0.855. The summed E-state index contributed by atoms with van der Waals surface area (Å²) in [5.41, 5.74) is -0.592. The van der Waals surface area contributed by atoms with E-state index >= 15 is 0 Å². The predicted octanol–water partition coefficient (Wildman–Crippen LogP) is 2.16. The Morgan fingerprint density at radius 1 is 0.722 bits per heavy atom. The molecule has 0 aliphatic heterocycles. The van der Waals surface area contributed by atoms with Gasteiger partial charge >= 0.3 is 17.4 Å². The van der Waals surface area contributed by atoms with Crippen LogP contribution < -0.4 is 5.11 Å². The Morgan fingerprint density at radius 3 is 1.94 bits per heavy atom. The standard InChI is InChI=1S/C20H14N2O10S3.Al/c23-16-7-5-11-9-12(33(24,25)26)10-18(35(30,31)32)19(11)20(16)22-21-15-6-8-17(34(27,28)29)14-4-2-1-3-13(14)15;/h1-10,23H,(H,24,25,26)(H,27,28,29)(H,30,31,32);/q;+3/p-3. The zero-order chi connectivity index (χ0) is 25.8. The fraction of sp³-hybridized carbons (Fsp3) is 0. The smallest absolute Gasteiger partial charge is 0.871 e. The summed E-state index contributed by atoms with van der Waals surface area (Å²) in [7, 11) is -15.1. The summed E-state index contributed by atoms with van der Waals surface area (Å²) in [5, 5.41) is 19.7. The van der Waals surface area contributed by atoms with E-state index in [1.165, 1.54) is 24.3 Å². The van der Waals surface area contributed by atoms with Crippen molar-refractivity contribution in [1.82, 2.24) is 0 Å². The molecule has 0 saturated carbocycles. The molecule has 182 valence electrons. The van der Waals surface area contributed by atoms with Gasteiger partial charge < -0.3 is 14.2 Å². The summed E-state index contributed by atoms with van der Waals surface area (Å²) in [6.07, 6.45) is 0. The minimum absolute atomic E-state index is 0. The monoisotopic (exact) mass is 562 g/mol. The van der Waals surface area contributed by atoms with Gasteiger partial charge in [0.25, 0.3) is 10.1 Å². The Labute approximate surface area is 215 Å². The Hall–Kier alpha value is -2.94. The van der Waals surface area contributed by atoms with Gasteiger partial charge in [-0.1, -0.05) is 42.1 Å². The van der Waals surface area contributed by atoms with Crippen LogP contribution in [0.2, 0.25) is 0 Å². The molecule has 4 rings (SSSR count). The fourth-order valence-corrected chi connectivity index (χ4v) is 5.51. The van der Waals surface area contributed by atoms with Gasteiger partial charge in [0.05, 0.1) is 21.2 Å². The van der Waals surface area contributed by atoms with Crippen LogP contribution in [0.4, 0.5) is 11.4 Å². The molecular formula is C20H11AlN2O10S3. The van der Waals surface area contributed by atoms with E-state index in [1.54, 1.807) is 0 Å². The first-order chi connectivity index (χ1) is 16.2. The van der Waals surface area contributed by atoms with Gasteiger partial charge in [0.2, 0.25) is 0 Å². The average Bonchev–Trinajstić information content (AvgIpc) is 2.75. The Morgan fingerprint density at radius 2 is 1.36 bits per heavy atom. The molecule has 0 radical (unpaired) electrons. The van der Waals surface area contributed by atoms with Crippen molar-refractivity contribution in [3.8, 4) is 5.75 Å². The van der Waals surface area contributed by atoms with E-state index in [-0.39, 0.29) is 39.2 Å². The number of fused-ring (bicyclic) bond motifs is 2. The normalized spacial score (nSPS) is 12.8. The molecule has 16 heteroatoms. The second-order valence-electron chi connectivity index (χ2n) is 7.14. The summed E-state index contributed by atoms with van der Waals surface area (Å²) in [4.78, 5) is -2.52. The predicted molar refractivity (Wildman–Crippen MR) is 123 cm³/mol. The molecular weight excluding hydrogens is 551 g/mol. The van der Waals surface area contributed by atoms with Crippen molar-refractivity contribution in [2.24, 2.45) is 10.2 Å². The Kier molecular flexibility index (Phi) is 7.30. The van der Waals surface area contributed by atoms with Crippen molar-refractivity contribution in [1.29, 1.82) is 0 Å². The van der Waals surface area contributed by atoms with Crippen molar-refractivity contribution < 1.29 is 44.0 Å². The van der Waals surface area contributed by atoms with Crippen LogP contribution >= 0.6 is 0 Å². The number of rotatable bonds is 5. The molecule has 0 saturated heterocycles. The molecule has 4 aromatic rings. The molecule has 1 N–H and O–H groups in total. The molecule has 0 aromatic heterocycles. The third-order valence-corrected chi connectivity index (χ3v) is 7.53. The van der Waals surface area contributed by atoms with Crippen molar-refractivity contribution in [3.63, 3.8) is 0 Å². The fourth-order valence-electron chi connectivity index (χ4n) is 3.47. The maximum absolute atomic E-state index is 12.5. The van der Waals surface area contributed by atoms with Gasteiger partial charge in [-0.2, -0.15) is 13.5 Å². The molecule has 4 aromatic carbocycles. The topological polar surface area (TPSA) is 217 Å². The van der Waals surface area contributed by atoms with Crippen molar-refractivity contribution in [2.75, 3.05) is 0 Å². The van der Waals surface area contributed by atoms with Crippen molar-refractivity contribution in [2.45, 2.75) is 14.7 Å². The molecule has 0 spiro atoms. The van der Waals surface area contributed by atoms with Crippen LogP contribution in [0.5, 0.6) is 5.75 Å². The Balaban J connectivity index is 0.00000361. The van der Waals surface area contributed by atoms with E-state index in [9.17, 15) is 44.0 Å². The largest absolute Gasteiger partial charge is 3.00 e. The van der Waals surface area contributed by atoms with E-state index in [4.69, 9.17) is 0 Å². The maximum Gasteiger partial charge on any atom is 3.00 e. The second kappa shape index (κ2) is 9.50. The van der Waals surface area contributed by atoms with E-state index in [0.29, 0.717) is 6.07 Å². The number of azo groups is 1. The molecule has 0 aliphatic carbocycles. The molecule has 0 heterocycles. The van der Waals surface area contributed by atoms with Gasteiger partial charge in [-0.25, -0.2) is 16.8 Å². The molecule has 0 unspecified atom stereocenters. The number of nitrogens with zero attached hydrogens (tertiary/aromatic N) is 2. The van der Waals surface area contributed by atoms with Crippen LogP contribution in [0.25, 0.3) is 21.5 Å². The van der Waals surface area contributed by atoms with Crippen LogP contribution in [0, 0.1) is 0 Å². The van der Waals surface area contributed by atoms with Gasteiger partial charge in [-0.15, -0.1) is 5.11 Å². The second-order valence-corrected chi connectivity index (χ2v) is 11.3. The van der Waals surface area contributed by atoms with Gasteiger partial charge in [0, 0.05) is 16.2 Å². The summed E-state index contributed by atoms with van der Waals surface area (Å²) in [6.45, 7) is 0. The first kappa shape index (κ1) is 27.6. The molecule has 0 bridgehead atoms. The third-order valence-electron chi connectivity index (χ3n) is 4.95. The summed E-state index contributed by atoms with van der Waals surface area (Å²) < 4.78 is 103. The molecule has 0 atom stereocenters. The third kappa shape index (κ3) is 5.26. The summed E-state index contributed by atoms with van der Waals surface area (Å²) in [6, 6.07) is 11.1. The minimum Gasteiger partial charge on any atom is -0.871 e. The quantitative estimate of drug-likeness (QED) is 0.212. The van der Waals surface area contributed by atoms with Crippen LogP contribution in [-0.4, -0.2) is 56.3 Å². The van der Waals surface area contributed by atoms with Crippen molar-refractivity contribution in [3.05, 3.63) is 60.7 Å². The van der Waals surface area contributed by atoms with Crippen LogP contribution in [-0.2, 0) is 30.4 Å². The number of hydrogen-bond acceptors (Lipinski definition) is 11. The minimum atomic E-state index is -5.14. The average molecular weight is 562 g/mol. The Bertz CT molecular complexity index is 1890. The van der Waals surface area contributed by atoms with Crippen LogP contribution in [0.15, 0.2) is 85.6 Å². The zero-order valence-electron chi connectivity index (χ0n) is 17.6. The van der Waals surface area contributed by atoms with Crippen LogP contribution in [0.1, 0.15) is 0 Å². The number of hydrogen-bond donors (Lipinski definition) is 1.